The first-order valence-corrected chi connectivity index (χ1v) is 16.6. The molecule has 222 valence electrons. The Morgan fingerprint density at radius 2 is 1.76 bits per heavy atom. The lowest BCUT2D eigenvalue weighted by molar-refractivity contribution is -0.121. The number of pyridine rings is 1. The molecule has 2 aliphatic heterocycles. The second kappa shape index (κ2) is 12.1. The molecule has 0 unspecified atom stereocenters. The van der Waals surface area contributed by atoms with Gasteiger partial charge in [0.1, 0.15) is 15.6 Å². The second-order valence-corrected chi connectivity index (χ2v) is 14.0. The molecule has 4 heterocycles. The number of carbonyl (C=O) groups is 2. The number of benzene rings is 1. The number of carboxylic acid groups (broad SMARTS) is 1. The first kappa shape index (κ1) is 28.8. The first-order chi connectivity index (χ1) is 20.3. The smallest absolute Gasteiger partial charge is 0.348 e. The molecule has 0 spiro atoms. The summed E-state index contributed by atoms with van der Waals surface area (Å²) in [7, 11) is -4.02. The van der Waals surface area contributed by atoms with Crippen molar-refractivity contribution in [2.24, 2.45) is 5.92 Å². The predicted octanol–water partition coefficient (Wildman–Crippen LogP) is 4.33. The number of thiophene rings is 1. The van der Waals surface area contributed by atoms with E-state index in [-0.39, 0.29) is 28.8 Å². The van der Waals surface area contributed by atoms with Gasteiger partial charge >= 0.3 is 5.97 Å². The van der Waals surface area contributed by atoms with Crippen molar-refractivity contribution in [3.05, 3.63) is 59.6 Å². The van der Waals surface area contributed by atoms with Crippen molar-refractivity contribution in [3.8, 4) is 10.4 Å². The van der Waals surface area contributed by atoms with E-state index in [4.69, 9.17) is 4.74 Å². The van der Waals surface area contributed by atoms with Crippen LogP contribution in [0.3, 0.4) is 0 Å². The molecule has 1 aromatic carbocycles. The number of carbonyl (C=O) groups excluding carboxylic acids is 1. The van der Waals surface area contributed by atoms with E-state index in [2.05, 4.69) is 4.98 Å². The Balaban J connectivity index is 1.33. The molecule has 0 bridgehead atoms. The van der Waals surface area contributed by atoms with Crippen LogP contribution < -0.4 is 9.80 Å². The van der Waals surface area contributed by atoms with Crippen molar-refractivity contribution in [2.75, 3.05) is 49.2 Å². The Kier molecular flexibility index (Phi) is 8.30. The monoisotopic (exact) mass is 610 g/mol. The van der Waals surface area contributed by atoms with Gasteiger partial charge in [-0.25, -0.2) is 18.2 Å². The lowest BCUT2D eigenvalue weighted by atomic mass is 9.82. The standard InChI is InChI=1S/C30H34N4O6S2/c35-28-20-33(42(38,39)23-11-12-27(31-18-23)32-13-15-40-16-14-32)19-25(21-7-3-1-4-8-21)34(28)24-17-26(41-29(24)30(36)37)22-9-5-2-6-10-22/h2,5-6,9-12,17-18,21,25H,1,3-4,7-8,13-16,19-20H2,(H,36,37)/t25-/m0/s1. The number of anilines is 2. The molecule has 6 rings (SSSR count). The van der Waals surface area contributed by atoms with E-state index >= 15 is 0 Å². The summed E-state index contributed by atoms with van der Waals surface area (Å²) in [6.45, 7) is 2.29. The lowest BCUT2D eigenvalue weighted by Gasteiger charge is -2.44. The van der Waals surface area contributed by atoms with Gasteiger partial charge in [0.15, 0.2) is 0 Å². The molecule has 10 nitrogen and oxygen atoms in total. The van der Waals surface area contributed by atoms with Crippen LogP contribution in [0.4, 0.5) is 11.5 Å². The minimum atomic E-state index is -4.02. The van der Waals surface area contributed by atoms with Gasteiger partial charge in [-0.2, -0.15) is 4.31 Å². The number of sulfonamides is 1. The molecule has 42 heavy (non-hydrogen) atoms. The van der Waals surface area contributed by atoms with Crippen LogP contribution in [0.2, 0.25) is 0 Å². The van der Waals surface area contributed by atoms with E-state index in [1.807, 2.05) is 35.2 Å². The summed E-state index contributed by atoms with van der Waals surface area (Å²) < 4.78 is 34.3. The maximum absolute atomic E-state index is 13.9. The summed E-state index contributed by atoms with van der Waals surface area (Å²) in [5.41, 5.74) is 1.22. The molecule has 1 saturated carbocycles. The third-order valence-electron chi connectivity index (χ3n) is 8.41. The fraction of sp³-hybridized carbons (Fsp3) is 0.433. The van der Waals surface area contributed by atoms with Crippen molar-refractivity contribution in [1.82, 2.24) is 9.29 Å². The average molecular weight is 611 g/mol. The molecule has 3 aromatic rings. The van der Waals surface area contributed by atoms with Crippen LogP contribution in [0.1, 0.15) is 41.8 Å². The maximum atomic E-state index is 13.9. The average Bonchev–Trinajstić information content (AvgIpc) is 3.47. The fourth-order valence-corrected chi connectivity index (χ4v) is 8.60. The minimum Gasteiger partial charge on any atom is -0.477 e. The Morgan fingerprint density at radius 3 is 2.43 bits per heavy atom. The van der Waals surface area contributed by atoms with Gasteiger partial charge in [-0.05, 0) is 42.5 Å². The van der Waals surface area contributed by atoms with E-state index in [0.717, 1.165) is 53.9 Å². The zero-order valence-corrected chi connectivity index (χ0v) is 24.9. The SMILES string of the molecule is O=C(O)c1sc(-c2ccccc2)cc1N1C(=O)CN(S(=O)(=O)c2ccc(N3CCOCC3)nc2)C[C@H]1C1CCCCC1. The molecule has 3 aliphatic rings. The molecule has 1 aliphatic carbocycles. The molecule has 1 atom stereocenters. The Hall–Kier alpha value is -3.32. The number of aromatic carboxylic acids is 1. The zero-order chi connectivity index (χ0) is 29.3. The van der Waals surface area contributed by atoms with Crippen LogP contribution in [-0.4, -0.2) is 80.1 Å². The zero-order valence-electron chi connectivity index (χ0n) is 23.2. The van der Waals surface area contributed by atoms with Gasteiger partial charge in [-0.3, -0.25) is 4.79 Å². The molecule has 12 heteroatoms. The number of aromatic nitrogens is 1. The van der Waals surface area contributed by atoms with Gasteiger partial charge in [-0.1, -0.05) is 49.6 Å². The van der Waals surface area contributed by atoms with E-state index in [0.29, 0.717) is 37.8 Å². The Morgan fingerprint density at radius 1 is 1.02 bits per heavy atom. The molecular weight excluding hydrogens is 576 g/mol. The molecule has 0 radical (unpaired) electrons. The first-order valence-electron chi connectivity index (χ1n) is 14.4. The van der Waals surface area contributed by atoms with E-state index < -0.39 is 27.9 Å². The fourth-order valence-electron chi connectivity index (χ4n) is 6.25. The molecule has 1 N–H and O–H groups in total. The highest BCUT2D eigenvalue weighted by Crippen LogP contribution is 2.42. The van der Waals surface area contributed by atoms with Crippen molar-refractivity contribution in [1.29, 1.82) is 0 Å². The highest BCUT2D eigenvalue weighted by Gasteiger charge is 2.44. The number of ether oxygens (including phenoxy) is 1. The second-order valence-electron chi connectivity index (χ2n) is 11.0. The molecule has 2 aromatic heterocycles. The number of amides is 1. The summed E-state index contributed by atoms with van der Waals surface area (Å²) in [5, 5.41) is 10.1. The molecular formula is C30H34N4O6S2. The number of rotatable bonds is 7. The van der Waals surface area contributed by atoms with Gasteiger partial charge in [0, 0.05) is 30.7 Å². The lowest BCUT2D eigenvalue weighted by Crippen LogP contribution is -2.60. The molecule has 1 amide bonds. The summed E-state index contributed by atoms with van der Waals surface area (Å²) in [6.07, 6.45) is 6.16. The van der Waals surface area contributed by atoms with Gasteiger partial charge in [-0.15, -0.1) is 11.3 Å². The third kappa shape index (κ3) is 5.68. The number of carboxylic acids is 1. The van der Waals surface area contributed by atoms with Gasteiger partial charge in [0.25, 0.3) is 0 Å². The van der Waals surface area contributed by atoms with Crippen LogP contribution in [0.25, 0.3) is 10.4 Å². The number of hydrogen-bond donors (Lipinski definition) is 1. The van der Waals surface area contributed by atoms with Crippen LogP contribution in [0.15, 0.2) is 59.6 Å². The van der Waals surface area contributed by atoms with Crippen LogP contribution >= 0.6 is 11.3 Å². The minimum absolute atomic E-state index is 0.0382. The maximum Gasteiger partial charge on any atom is 0.348 e. The summed E-state index contributed by atoms with van der Waals surface area (Å²) >= 11 is 1.14. The van der Waals surface area contributed by atoms with Crippen molar-refractivity contribution >= 4 is 44.7 Å². The number of morpholine rings is 1. The summed E-state index contributed by atoms with van der Waals surface area (Å²) in [4.78, 5) is 35.2. The highest BCUT2D eigenvalue weighted by molar-refractivity contribution is 7.89. The third-order valence-corrected chi connectivity index (χ3v) is 11.4. The number of piperazine rings is 1. The Labute approximate surface area is 249 Å². The van der Waals surface area contributed by atoms with Gasteiger partial charge < -0.3 is 19.6 Å². The predicted molar refractivity (Wildman–Crippen MR) is 161 cm³/mol. The van der Waals surface area contributed by atoms with Crippen molar-refractivity contribution in [3.63, 3.8) is 0 Å². The van der Waals surface area contributed by atoms with Crippen LogP contribution in [0.5, 0.6) is 0 Å². The van der Waals surface area contributed by atoms with E-state index in [1.54, 1.807) is 23.1 Å². The summed E-state index contributed by atoms with van der Waals surface area (Å²) in [5.74, 6) is -0.776. The van der Waals surface area contributed by atoms with Crippen LogP contribution in [0, 0.1) is 5.92 Å². The Bertz CT molecular complexity index is 1530. The van der Waals surface area contributed by atoms with Crippen molar-refractivity contribution < 1.29 is 27.9 Å². The largest absolute Gasteiger partial charge is 0.477 e. The highest BCUT2D eigenvalue weighted by atomic mass is 32.2. The molecule has 2 saturated heterocycles. The topological polar surface area (TPSA) is 120 Å². The molecule has 3 fully saturated rings. The number of hydrogen-bond acceptors (Lipinski definition) is 8. The van der Waals surface area contributed by atoms with E-state index in [1.165, 1.54) is 10.5 Å². The summed E-state index contributed by atoms with van der Waals surface area (Å²) in [6, 6.07) is 14.0. The van der Waals surface area contributed by atoms with Crippen molar-refractivity contribution in [2.45, 2.75) is 43.0 Å². The van der Waals surface area contributed by atoms with Crippen LogP contribution in [-0.2, 0) is 19.6 Å². The van der Waals surface area contributed by atoms with Gasteiger partial charge in [0.2, 0.25) is 15.9 Å². The quantitative estimate of drug-likeness (QED) is 0.420. The number of nitrogens with zero attached hydrogens (tertiary/aromatic N) is 4. The van der Waals surface area contributed by atoms with Gasteiger partial charge in [0.05, 0.1) is 31.5 Å². The normalized spacial score (nSPS) is 21.0. The van der Waals surface area contributed by atoms with E-state index in [9.17, 15) is 23.1 Å².